The van der Waals surface area contributed by atoms with Gasteiger partial charge in [-0.25, -0.2) is 0 Å². The molecule has 0 aliphatic rings. The third-order valence-corrected chi connectivity index (χ3v) is 4.36. The van der Waals surface area contributed by atoms with Gasteiger partial charge in [-0.2, -0.15) is 13.2 Å². The fraction of sp³-hybridized carbons (Fsp3) is 0.533. The number of H-pyrrole nitrogens is 1. The number of allylic oxidation sites excluding steroid dienone is 8. The monoisotopic (exact) mass is 610 g/mol. The van der Waals surface area contributed by atoms with Gasteiger partial charge < -0.3 is 4.98 Å². The first-order chi connectivity index (χ1) is 18.2. The molecule has 1 N–H and O–H groups in total. The van der Waals surface area contributed by atoms with Gasteiger partial charge in [-0.3, -0.25) is 9.59 Å². The van der Waals surface area contributed by atoms with E-state index in [1.54, 1.807) is 13.0 Å². The van der Waals surface area contributed by atoms with Gasteiger partial charge >= 0.3 is 7.45 Å². The molecule has 0 bridgehead atoms. The Morgan fingerprint density at radius 2 is 1.67 bits per heavy atom. The van der Waals surface area contributed by atoms with Gasteiger partial charge in [0.1, 0.15) is 0 Å². The Balaban J connectivity index is -0.000000208. The first-order valence-corrected chi connectivity index (χ1v) is 16.3. The van der Waals surface area contributed by atoms with Crippen LogP contribution in [0.2, 0.25) is 0 Å². The summed E-state index contributed by atoms with van der Waals surface area (Å²) in [5.74, 6) is 1.63. The lowest BCUT2D eigenvalue weighted by Gasteiger charge is -2.03. The molecule has 0 saturated heterocycles. The Hall–Kier alpha value is -1.68. The van der Waals surface area contributed by atoms with Crippen LogP contribution in [0.1, 0.15) is 94.6 Å². The molecule has 1 aromatic rings. The predicted molar refractivity (Wildman–Crippen MR) is 174 cm³/mol. The van der Waals surface area contributed by atoms with Crippen LogP contribution in [0, 0.1) is 11.8 Å². The number of halogens is 3. The van der Waals surface area contributed by atoms with Crippen LogP contribution < -0.4 is 5.56 Å². The van der Waals surface area contributed by atoms with E-state index >= 15 is 0 Å². The summed E-state index contributed by atoms with van der Waals surface area (Å²) in [4.78, 5) is 22.9. The summed E-state index contributed by atoms with van der Waals surface area (Å²) in [6.07, 6.45) is 8.88. The van der Waals surface area contributed by atoms with Gasteiger partial charge in [0.25, 0.3) is 0 Å². The van der Waals surface area contributed by atoms with E-state index in [9.17, 15) is 22.8 Å². The average Bonchev–Trinajstić information content (AvgIpc) is 2.78. The van der Waals surface area contributed by atoms with Crippen molar-refractivity contribution < 1.29 is 18.0 Å². The zero-order valence-electron chi connectivity index (χ0n) is 26.6. The van der Waals surface area contributed by atoms with Crippen molar-refractivity contribution in [1.82, 2.24) is 4.98 Å². The van der Waals surface area contributed by atoms with E-state index in [-0.39, 0.29) is 5.78 Å². The molecular formula is C30H51F3NO2P2S+. The number of alkyl halides is 3. The molecule has 0 amide bonds. The molecule has 224 valence electrons. The molecule has 0 fully saturated rings. The zero-order valence-corrected chi connectivity index (χ0v) is 28.4. The number of pyridine rings is 1. The molecule has 2 atom stereocenters. The summed E-state index contributed by atoms with van der Waals surface area (Å²) in [5, 5.41) is 0. The number of aromatic nitrogens is 1. The SMILES string of the molecule is CC=C(C)CC(C)C.CC=CC(C)=CC(C)=O.CCC(C)=CC(C)C.O=c1cc(C(F)(F)F)cc[nH]1.[3H][P+](P)=S. The number of hydrogen-bond donors (Lipinski definition) is 1. The Morgan fingerprint density at radius 3 is 1.90 bits per heavy atom. The van der Waals surface area contributed by atoms with Crippen LogP contribution in [0.5, 0.6) is 0 Å². The molecule has 0 radical (unpaired) electrons. The molecular weight excluding hydrogens is 557 g/mol. The summed E-state index contributed by atoms with van der Waals surface area (Å²) in [6, 6.07) is 1.32. The van der Waals surface area contributed by atoms with Gasteiger partial charge in [-0.05, 0) is 83.9 Å². The van der Waals surface area contributed by atoms with E-state index in [1.165, 1.54) is 24.0 Å². The van der Waals surface area contributed by atoms with E-state index in [1.807, 2.05) is 26.0 Å². The maximum absolute atomic E-state index is 11.8. The first kappa shape index (κ1) is 41.8. The van der Waals surface area contributed by atoms with Crippen LogP contribution in [0.15, 0.2) is 70.2 Å². The van der Waals surface area contributed by atoms with Gasteiger partial charge in [0.15, 0.2) is 24.6 Å². The van der Waals surface area contributed by atoms with Crippen molar-refractivity contribution in [1.29, 1.82) is 1.28 Å². The van der Waals surface area contributed by atoms with Gasteiger partial charge in [0.05, 0.1) is 14.5 Å². The Morgan fingerprint density at radius 1 is 1.15 bits per heavy atom. The normalized spacial score (nSPS) is 12.6. The highest BCUT2D eigenvalue weighted by molar-refractivity contribution is 8.24. The van der Waals surface area contributed by atoms with E-state index in [0.29, 0.717) is 6.07 Å². The number of rotatable bonds is 6. The summed E-state index contributed by atoms with van der Waals surface area (Å²) in [5.41, 5.74) is 2.33. The number of nitrogens with one attached hydrogen (secondary N) is 1. The fourth-order valence-corrected chi connectivity index (χ4v) is 2.70. The van der Waals surface area contributed by atoms with Crippen LogP contribution in [0.4, 0.5) is 13.2 Å². The topological polar surface area (TPSA) is 49.9 Å². The van der Waals surface area contributed by atoms with E-state index in [4.69, 9.17) is 1.28 Å². The molecule has 0 aromatic carbocycles. The summed E-state index contributed by atoms with van der Waals surface area (Å²) in [6.45, 7) is 22.1. The lowest BCUT2D eigenvalue weighted by molar-refractivity contribution is -0.137. The zero-order chi connectivity index (χ0) is 32.5. The molecule has 0 saturated carbocycles. The van der Waals surface area contributed by atoms with E-state index in [2.05, 4.69) is 93.3 Å². The van der Waals surface area contributed by atoms with Crippen molar-refractivity contribution in [3.8, 4) is 0 Å². The van der Waals surface area contributed by atoms with Crippen molar-refractivity contribution in [2.24, 2.45) is 11.8 Å². The van der Waals surface area contributed by atoms with Gasteiger partial charge in [-0.15, -0.1) is 0 Å². The molecule has 9 heteroatoms. The highest BCUT2D eigenvalue weighted by Gasteiger charge is 2.30. The van der Waals surface area contributed by atoms with Crippen LogP contribution in [0.3, 0.4) is 0 Å². The second-order valence-electron chi connectivity index (χ2n) is 9.39. The van der Waals surface area contributed by atoms with Crippen molar-refractivity contribution >= 4 is 33.5 Å². The standard InChI is InChI=1S/C8H12O.2C8H16.C6H4F3NO.H2P2S/c1-4-5-7(2)6-8(3)9;2*1-5-8(4)6-7(2)3;7-6(8,9)4-1-2-10-5(11)3-4;1-2-3/h4-6H,1-3H3;6-7H,5H2,1-4H3;5,7H,6H2,1-4H3;1-3H,(H,10,11);1H2/p+1/i/hT. The fourth-order valence-electron chi connectivity index (χ4n) is 2.70. The van der Waals surface area contributed by atoms with Crippen molar-refractivity contribution in [3.63, 3.8) is 0 Å². The average molecular weight is 611 g/mol. The molecule has 1 rings (SSSR count). The molecule has 2 unspecified atom stereocenters. The summed E-state index contributed by atoms with van der Waals surface area (Å²) >= 11 is 4.31. The minimum absolute atomic E-state index is 0.102. The third-order valence-electron chi connectivity index (χ3n) is 4.36. The predicted octanol–water partition coefficient (Wildman–Crippen LogP) is 10.4. The molecule has 1 aromatic heterocycles. The Bertz CT molecular complexity index is 1010. The molecule has 0 spiro atoms. The number of aromatic amines is 1. The van der Waals surface area contributed by atoms with Gasteiger partial charge in [-0.1, -0.05) is 70.1 Å². The van der Waals surface area contributed by atoms with Crippen LogP contribution >= 0.6 is 15.9 Å². The first-order valence-electron chi connectivity index (χ1n) is 13.2. The number of hydrogen-bond acceptors (Lipinski definition) is 3. The lowest BCUT2D eigenvalue weighted by atomic mass is 10.0. The third kappa shape index (κ3) is 38.5. The van der Waals surface area contributed by atoms with Crippen LogP contribution in [-0.4, -0.2) is 12.0 Å². The van der Waals surface area contributed by atoms with Gasteiger partial charge in [0, 0.05) is 12.3 Å². The largest absolute Gasteiger partial charge is 0.416 e. The number of carbonyl (C=O) groups is 1. The Labute approximate surface area is 245 Å². The van der Waals surface area contributed by atoms with Gasteiger partial charge in [0.2, 0.25) is 5.56 Å². The second-order valence-corrected chi connectivity index (χ2v) is 12.1. The maximum Gasteiger partial charge on any atom is 0.416 e. The van der Waals surface area contributed by atoms with Crippen molar-refractivity contribution in [3.05, 3.63) is 81.3 Å². The van der Waals surface area contributed by atoms with E-state index < -0.39 is 24.3 Å². The summed E-state index contributed by atoms with van der Waals surface area (Å²) < 4.78 is 41.9. The van der Waals surface area contributed by atoms with Crippen LogP contribution in [0.25, 0.3) is 0 Å². The highest BCUT2D eigenvalue weighted by Crippen LogP contribution is 2.27. The quantitative estimate of drug-likeness (QED) is 0.151. The number of carbonyl (C=O) groups excluding carboxylic acids is 1. The Kier molecular flexibility index (Phi) is 29.9. The molecule has 0 aliphatic carbocycles. The molecule has 3 nitrogen and oxygen atoms in total. The minimum atomic E-state index is -4.44. The second kappa shape index (κ2) is 27.9. The van der Waals surface area contributed by atoms with E-state index in [0.717, 1.165) is 29.7 Å². The van der Waals surface area contributed by atoms with Crippen LogP contribution in [-0.2, 0) is 22.8 Å². The van der Waals surface area contributed by atoms with Crippen molar-refractivity contribution in [2.75, 3.05) is 0 Å². The highest BCUT2D eigenvalue weighted by atomic mass is 32.6. The molecule has 1 heterocycles. The minimum Gasteiger partial charge on any atom is -0.329 e. The molecule has 0 aliphatic heterocycles. The maximum atomic E-state index is 11.8. The summed E-state index contributed by atoms with van der Waals surface area (Å²) in [7, 11) is 2.20. The number of ketones is 1. The smallest absolute Gasteiger partial charge is 0.329 e. The molecule has 39 heavy (non-hydrogen) atoms. The van der Waals surface area contributed by atoms with Crippen molar-refractivity contribution in [2.45, 2.75) is 95.2 Å². The lowest BCUT2D eigenvalue weighted by Crippen LogP contribution is -2.11.